The van der Waals surface area contributed by atoms with E-state index in [2.05, 4.69) is 23.5 Å². The summed E-state index contributed by atoms with van der Waals surface area (Å²) in [6.45, 7) is 1.20. The smallest absolute Gasteiger partial charge is 0.109 e. The summed E-state index contributed by atoms with van der Waals surface area (Å²) in [5.74, 6) is 0. The van der Waals surface area contributed by atoms with Gasteiger partial charge in [0.25, 0.3) is 0 Å². The Morgan fingerprint density at radius 1 is 1.03 bits per heavy atom. The van der Waals surface area contributed by atoms with E-state index < -0.39 is 24.4 Å². The van der Waals surface area contributed by atoms with Crippen molar-refractivity contribution in [1.82, 2.24) is 4.90 Å². The number of aliphatic hydroxyl groups is 4. The number of hydrogen-bond donors (Lipinski definition) is 5. The minimum absolute atomic E-state index is 0.213. The van der Waals surface area contributed by atoms with Crippen molar-refractivity contribution < 1.29 is 20.4 Å². The molecule has 0 bridgehead atoms. The molecule has 7 nitrogen and oxygen atoms in total. The summed E-state index contributed by atoms with van der Waals surface area (Å²) in [4.78, 5) is 1.82. The number of nitriles is 1. The highest BCUT2D eigenvalue weighted by atomic mass is 35.5. The van der Waals surface area contributed by atoms with Gasteiger partial charge in [-0.3, -0.25) is 4.90 Å². The van der Waals surface area contributed by atoms with Gasteiger partial charge in [0, 0.05) is 30.3 Å². The number of β-amino-alcohol motifs (C(OH)–C–C–N with tert-alkyl or cyclic N) is 1. The Morgan fingerprint density at radius 3 is 2.35 bits per heavy atom. The van der Waals surface area contributed by atoms with Crippen LogP contribution < -0.4 is 5.32 Å². The van der Waals surface area contributed by atoms with Gasteiger partial charge in [-0.25, -0.2) is 0 Å². The Labute approximate surface area is 187 Å². The fourth-order valence-corrected chi connectivity index (χ4v) is 4.12. The van der Waals surface area contributed by atoms with Crippen molar-refractivity contribution >= 4 is 17.3 Å². The Balaban J connectivity index is 1.49. The Bertz CT molecular complexity index is 903. The van der Waals surface area contributed by atoms with Crippen molar-refractivity contribution in [1.29, 1.82) is 5.26 Å². The third kappa shape index (κ3) is 6.17. The van der Waals surface area contributed by atoms with Crippen LogP contribution in [0.3, 0.4) is 0 Å². The molecule has 5 N–H and O–H groups in total. The fraction of sp³-hybridized carbons (Fsp3) is 0.435. The van der Waals surface area contributed by atoms with E-state index in [1.165, 1.54) is 5.56 Å². The molecule has 2 aromatic rings. The summed E-state index contributed by atoms with van der Waals surface area (Å²) < 4.78 is 0. The topological polar surface area (TPSA) is 120 Å². The first kappa shape index (κ1) is 23.5. The molecule has 0 unspecified atom stereocenters. The van der Waals surface area contributed by atoms with Crippen LogP contribution in [0.2, 0.25) is 5.02 Å². The van der Waals surface area contributed by atoms with E-state index in [1.54, 1.807) is 18.2 Å². The first-order valence-electron chi connectivity index (χ1n) is 10.3. The van der Waals surface area contributed by atoms with Gasteiger partial charge in [0.05, 0.1) is 30.4 Å². The molecule has 1 aliphatic rings. The van der Waals surface area contributed by atoms with Crippen LogP contribution in [0.5, 0.6) is 0 Å². The van der Waals surface area contributed by atoms with Crippen LogP contribution in [-0.4, -0.2) is 75.9 Å². The van der Waals surface area contributed by atoms with Crippen molar-refractivity contribution in [3.63, 3.8) is 0 Å². The summed E-state index contributed by atoms with van der Waals surface area (Å²) in [6, 6.07) is 14.9. The zero-order valence-electron chi connectivity index (χ0n) is 17.2. The number of nitrogens with one attached hydrogen (secondary N) is 1. The van der Waals surface area contributed by atoms with Crippen LogP contribution >= 0.6 is 11.6 Å². The molecular formula is C23H28ClN3O4. The summed E-state index contributed by atoms with van der Waals surface area (Å²) in [6.07, 6.45) is -1.93. The standard InChI is InChI=1S/C23H28ClN3O4/c24-18-9-17(12-25)10-19(11-18)26-7-5-15-1-3-16(4-2-15)6-8-27-13-21(29)23(31)22(30)20(27)14-28/h1-4,9-11,20-23,26,28-31H,5-8,13-14H2/t20-,21+,22-,23-/m1/s1. The van der Waals surface area contributed by atoms with Gasteiger partial charge in [-0.2, -0.15) is 5.26 Å². The van der Waals surface area contributed by atoms with Gasteiger partial charge in [0.1, 0.15) is 12.2 Å². The fourth-order valence-electron chi connectivity index (χ4n) is 3.89. The van der Waals surface area contributed by atoms with E-state index in [0.717, 1.165) is 17.7 Å². The lowest BCUT2D eigenvalue weighted by Crippen LogP contribution is -2.62. The van der Waals surface area contributed by atoms with E-state index in [9.17, 15) is 20.4 Å². The molecule has 4 atom stereocenters. The summed E-state index contributed by atoms with van der Waals surface area (Å²) in [7, 11) is 0. The predicted octanol–water partition coefficient (Wildman–Crippen LogP) is 1.17. The number of rotatable bonds is 8. The second-order valence-corrected chi connectivity index (χ2v) is 8.31. The number of likely N-dealkylation sites (tertiary alicyclic amines) is 1. The van der Waals surface area contributed by atoms with Crippen molar-refractivity contribution in [2.75, 3.05) is 31.6 Å². The van der Waals surface area contributed by atoms with Gasteiger partial charge in [-0.05, 0) is 42.2 Å². The van der Waals surface area contributed by atoms with Crippen LogP contribution in [0.25, 0.3) is 0 Å². The predicted molar refractivity (Wildman–Crippen MR) is 119 cm³/mol. The molecule has 166 valence electrons. The highest BCUT2D eigenvalue weighted by Gasteiger charge is 2.40. The Hall–Kier alpha value is -2.18. The summed E-state index contributed by atoms with van der Waals surface area (Å²) >= 11 is 6.02. The Morgan fingerprint density at radius 2 is 1.71 bits per heavy atom. The number of aliphatic hydroxyl groups excluding tert-OH is 4. The maximum atomic E-state index is 10.1. The Kier molecular flexibility index (Phi) is 8.27. The van der Waals surface area contributed by atoms with Gasteiger partial charge in [-0.1, -0.05) is 35.9 Å². The maximum Gasteiger partial charge on any atom is 0.109 e. The third-order valence-corrected chi connectivity index (χ3v) is 5.91. The molecule has 3 rings (SSSR count). The lowest BCUT2D eigenvalue weighted by Gasteiger charge is -2.43. The number of piperidine rings is 1. The third-order valence-electron chi connectivity index (χ3n) is 5.70. The number of benzene rings is 2. The normalized spacial score (nSPS) is 24.0. The van der Waals surface area contributed by atoms with E-state index in [4.69, 9.17) is 16.9 Å². The highest BCUT2D eigenvalue weighted by Crippen LogP contribution is 2.20. The minimum atomic E-state index is -1.24. The second kappa shape index (κ2) is 10.9. The van der Waals surface area contributed by atoms with Crippen molar-refractivity contribution in [2.45, 2.75) is 37.2 Å². The molecule has 0 aromatic heterocycles. The summed E-state index contributed by atoms with van der Waals surface area (Å²) in [5, 5.41) is 52.2. The van der Waals surface area contributed by atoms with Crippen molar-refractivity contribution in [3.8, 4) is 6.07 Å². The van der Waals surface area contributed by atoms with E-state index >= 15 is 0 Å². The van der Waals surface area contributed by atoms with Crippen LogP contribution in [-0.2, 0) is 12.8 Å². The van der Waals surface area contributed by atoms with Gasteiger partial charge in [0.2, 0.25) is 0 Å². The van der Waals surface area contributed by atoms with Crippen molar-refractivity contribution in [3.05, 3.63) is 64.2 Å². The molecule has 0 aliphatic carbocycles. The first-order valence-corrected chi connectivity index (χ1v) is 10.7. The molecule has 2 aromatic carbocycles. The average molecular weight is 446 g/mol. The zero-order valence-corrected chi connectivity index (χ0v) is 17.9. The zero-order chi connectivity index (χ0) is 22.4. The highest BCUT2D eigenvalue weighted by molar-refractivity contribution is 6.31. The molecule has 0 saturated carbocycles. The number of hydrogen-bond acceptors (Lipinski definition) is 7. The second-order valence-electron chi connectivity index (χ2n) is 7.88. The van der Waals surface area contributed by atoms with Gasteiger partial charge in [-0.15, -0.1) is 0 Å². The van der Waals surface area contributed by atoms with E-state index in [-0.39, 0.29) is 13.2 Å². The molecule has 0 spiro atoms. The van der Waals surface area contributed by atoms with Crippen LogP contribution in [0.15, 0.2) is 42.5 Å². The molecule has 31 heavy (non-hydrogen) atoms. The molecule has 1 aliphatic heterocycles. The number of nitrogens with zero attached hydrogens (tertiary/aromatic N) is 2. The quantitative estimate of drug-likeness (QED) is 0.413. The maximum absolute atomic E-state index is 10.1. The lowest BCUT2D eigenvalue weighted by atomic mass is 9.93. The van der Waals surface area contributed by atoms with E-state index in [0.29, 0.717) is 30.1 Å². The molecule has 8 heteroatoms. The molecular weight excluding hydrogens is 418 g/mol. The van der Waals surface area contributed by atoms with Crippen LogP contribution in [0, 0.1) is 11.3 Å². The van der Waals surface area contributed by atoms with E-state index in [1.807, 2.05) is 17.0 Å². The first-order chi connectivity index (χ1) is 14.9. The molecule has 0 radical (unpaired) electrons. The largest absolute Gasteiger partial charge is 0.395 e. The van der Waals surface area contributed by atoms with Crippen molar-refractivity contribution in [2.24, 2.45) is 0 Å². The van der Waals surface area contributed by atoms with Crippen LogP contribution in [0.4, 0.5) is 5.69 Å². The molecule has 0 amide bonds. The summed E-state index contributed by atoms with van der Waals surface area (Å²) in [5.41, 5.74) is 3.61. The molecule has 1 fully saturated rings. The SMILES string of the molecule is N#Cc1cc(Cl)cc(NCCc2ccc(CCN3C[C@H](O)[C@@H](O)[C@H](O)[C@H]3CO)cc2)c1. The molecule has 1 saturated heterocycles. The minimum Gasteiger partial charge on any atom is -0.395 e. The van der Waals surface area contributed by atoms with Gasteiger partial charge in [0.15, 0.2) is 0 Å². The number of halogens is 1. The van der Waals surface area contributed by atoms with Crippen LogP contribution in [0.1, 0.15) is 16.7 Å². The monoisotopic (exact) mass is 445 g/mol. The molecule has 1 heterocycles. The van der Waals surface area contributed by atoms with Gasteiger partial charge >= 0.3 is 0 Å². The number of anilines is 1. The average Bonchev–Trinajstić information content (AvgIpc) is 2.76. The van der Waals surface area contributed by atoms with Gasteiger partial charge < -0.3 is 25.7 Å². The lowest BCUT2D eigenvalue weighted by molar-refractivity contribution is -0.144.